The summed E-state index contributed by atoms with van der Waals surface area (Å²) >= 11 is 6.03. The number of anilines is 1. The molecule has 0 saturated carbocycles. The highest BCUT2D eigenvalue weighted by atomic mass is 35.5. The Hall–Kier alpha value is -2.04. The van der Waals surface area contributed by atoms with Gasteiger partial charge in [0.1, 0.15) is 17.2 Å². The molecule has 0 bridgehead atoms. The Bertz CT molecular complexity index is 851. The van der Waals surface area contributed by atoms with E-state index in [-0.39, 0.29) is 6.10 Å². The summed E-state index contributed by atoms with van der Waals surface area (Å²) in [6.45, 7) is 3.74. The molecule has 0 aliphatic carbocycles. The lowest BCUT2D eigenvalue weighted by Crippen LogP contribution is -2.19. The predicted molar refractivity (Wildman–Crippen MR) is 97.8 cm³/mol. The molecule has 3 heterocycles. The third-order valence-corrected chi connectivity index (χ3v) is 4.74. The maximum atomic E-state index is 6.03. The van der Waals surface area contributed by atoms with Gasteiger partial charge in [0.2, 0.25) is 0 Å². The minimum Gasteiger partial charge on any atom is -0.376 e. The van der Waals surface area contributed by atoms with Gasteiger partial charge in [-0.25, -0.2) is 4.98 Å². The van der Waals surface area contributed by atoms with Crippen LogP contribution in [0.2, 0.25) is 5.02 Å². The van der Waals surface area contributed by atoms with Crippen molar-refractivity contribution < 1.29 is 4.74 Å². The molecule has 1 aromatic carbocycles. The molecule has 1 N–H and O–H groups in total. The van der Waals surface area contributed by atoms with E-state index in [0.717, 1.165) is 59.3 Å². The van der Waals surface area contributed by atoms with E-state index in [9.17, 15) is 0 Å². The van der Waals surface area contributed by atoms with E-state index in [4.69, 9.17) is 21.3 Å². The van der Waals surface area contributed by atoms with Crippen LogP contribution >= 0.6 is 11.6 Å². The fraction of sp³-hybridized carbons (Fsp3) is 0.316. The Kier molecular flexibility index (Phi) is 4.17. The molecule has 1 saturated heterocycles. The fourth-order valence-electron chi connectivity index (χ4n) is 3.20. The number of rotatable bonds is 4. The number of fused-ring (bicyclic) bond motifs is 1. The van der Waals surface area contributed by atoms with Gasteiger partial charge in [-0.3, -0.25) is 4.40 Å². The predicted octanol–water partition coefficient (Wildman–Crippen LogP) is 4.55. The van der Waals surface area contributed by atoms with Gasteiger partial charge in [0, 0.05) is 29.9 Å². The van der Waals surface area contributed by atoms with E-state index in [1.165, 1.54) is 0 Å². The second-order valence-electron chi connectivity index (χ2n) is 6.22. The highest BCUT2D eigenvalue weighted by Gasteiger charge is 2.19. The summed E-state index contributed by atoms with van der Waals surface area (Å²) in [5, 5.41) is 4.29. The lowest BCUT2D eigenvalue weighted by Gasteiger charge is -2.13. The van der Waals surface area contributed by atoms with Crippen molar-refractivity contribution in [1.29, 1.82) is 0 Å². The van der Waals surface area contributed by atoms with Crippen LogP contribution < -0.4 is 5.32 Å². The van der Waals surface area contributed by atoms with Crippen molar-refractivity contribution in [3.8, 4) is 11.3 Å². The lowest BCUT2D eigenvalue weighted by molar-refractivity contribution is 0.120. The topological polar surface area (TPSA) is 38.6 Å². The molecule has 3 aromatic rings. The van der Waals surface area contributed by atoms with Gasteiger partial charge in [0.05, 0.1) is 6.10 Å². The minimum atomic E-state index is 0.276. The van der Waals surface area contributed by atoms with Crippen LogP contribution in [0.15, 0.2) is 42.6 Å². The molecule has 0 unspecified atom stereocenters. The van der Waals surface area contributed by atoms with Crippen molar-refractivity contribution >= 4 is 23.1 Å². The molecule has 4 rings (SSSR count). The molecule has 1 fully saturated rings. The molecule has 1 aliphatic rings. The maximum absolute atomic E-state index is 6.03. The molecule has 5 heteroatoms. The first-order valence-corrected chi connectivity index (χ1v) is 8.69. The van der Waals surface area contributed by atoms with E-state index in [1.54, 1.807) is 0 Å². The first-order chi connectivity index (χ1) is 11.7. The van der Waals surface area contributed by atoms with Gasteiger partial charge < -0.3 is 10.1 Å². The van der Waals surface area contributed by atoms with Crippen LogP contribution in [0, 0.1) is 6.92 Å². The van der Waals surface area contributed by atoms with E-state index in [1.807, 2.05) is 36.5 Å². The number of nitrogens with one attached hydrogen (secondary N) is 1. The summed E-state index contributed by atoms with van der Waals surface area (Å²) in [7, 11) is 0. The Morgan fingerprint density at radius 2 is 2.12 bits per heavy atom. The third-order valence-electron chi connectivity index (χ3n) is 4.48. The van der Waals surface area contributed by atoms with E-state index < -0.39 is 0 Å². The second-order valence-corrected chi connectivity index (χ2v) is 6.65. The van der Waals surface area contributed by atoms with Gasteiger partial charge in [0.25, 0.3) is 0 Å². The average Bonchev–Trinajstić information content (AvgIpc) is 3.22. The zero-order valence-electron chi connectivity index (χ0n) is 13.6. The first kappa shape index (κ1) is 15.5. The van der Waals surface area contributed by atoms with Crippen molar-refractivity contribution in [2.75, 3.05) is 18.5 Å². The van der Waals surface area contributed by atoms with Crippen LogP contribution in [0.5, 0.6) is 0 Å². The standard InChI is InChI=1S/C19H20ClN3O/c1-13-4-2-10-23-18(13)22-17(14-6-8-15(20)9-7-14)19(23)21-12-16-5-3-11-24-16/h2,4,6-10,16,21H,3,5,11-12H2,1H3/t16-/m1/s1. The molecule has 1 aliphatic heterocycles. The Labute approximate surface area is 146 Å². The number of pyridine rings is 1. The van der Waals surface area contributed by atoms with Gasteiger partial charge in [-0.15, -0.1) is 0 Å². The average molecular weight is 342 g/mol. The number of imidazole rings is 1. The van der Waals surface area contributed by atoms with Crippen molar-refractivity contribution in [1.82, 2.24) is 9.38 Å². The number of halogens is 1. The fourth-order valence-corrected chi connectivity index (χ4v) is 3.32. The molecular formula is C19H20ClN3O. The Morgan fingerprint density at radius 3 is 2.88 bits per heavy atom. The summed E-state index contributed by atoms with van der Waals surface area (Å²) in [6.07, 6.45) is 4.58. The molecule has 1 atom stereocenters. The Balaban J connectivity index is 1.77. The van der Waals surface area contributed by atoms with E-state index in [0.29, 0.717) is 0 Å². The summed E-state index contributed by atoms with van der Waals surface area (Å²) in [4.78, 5) is 4.87. The van der Waals surface area contributed by atoms with Gasteiger partial charge in [-0.2, -0.15) is 0 Å². The summed E-state index contributed by atoms with van der Waals surface area (Å²) in [5.74, 6) is 1.01. The smallest absolute Gasteiger partial charge is 0.142 e. The third kappa shape index (κ3) is 2.87. The first-order valence-electron chi connectivity index (χ1n) is 8.31. The monoisotopic (exact) mass is 341 g/mol. The van der Waals surface area contributed by atoms with E-state index in [2.05, 4.69) is 22.7 Å². The summed E-state index contributed by atoms with van der Waals surface area (Å²) in [6, 6.07) is 12.0. The normalized spacial score (nSPS) is 17.5. The largest absolute Gasteiger partial charge is 0.376 e. The Morgan fingerprint density at radius 1 is 1.29 bits per heavy atom. The van der Waals surface area contributed by atoms with Gasteiger partial charge in [-0.1, -0.05) is 29.8 Å². The van der Waals surface area contributed by atoms with Crippen LogP contribution in [0.25, 0.3) is 16.9 Å². The number of ether oxygens (including phenoxy) is 1. The van der Waals surface area contributed by atoms with Crippen molar-refractivity contribution in [3.05, 3.63) is 53.2 Å². The number of benzene rings is 1. The van der Waals surface area contributed by atoms with Crippen molar-refractivity contribution in [2.24, 2.45) is 0 Å². The number of nitrogens with zero attached hydrogens (tertiary/aromatic N) is 2. The van der Waals surface area contributed by atoms with Crippen molar-refractivity contribution in [2.45, 2.75) is 25.9 Å². The van der Waals surface area contributed by atoms with Crippen molar-refractivity contribution in [3.63, 3.8) is 0 Å². The number of aromatic nitrogens is 2. The molecule has 0 radical (unpaired) electrons. The summed E-state index contributed by atoms with van der Waals surface area (Å²) in [5.41, 5.74) is 4.12. The molecule has 124 valence electrons. The lowest BCUT2D eigenvalue weighted by atomic mass is 10.1. The molecule has 4 nitrogen and oxygen atoms in total. The zero-order chi connectivity index (χ0) is 16.5. The number of hydrogen-bond donors (Lipinski definition) is 1. The molecule has 0 amide bonds. The highest BCUT2D eigenvalue weighted by Crippen LogP contribution is 2.31. The van der Waals surface area contributed by atoms with Crippen LogP contribution in [0.3, 0.4) is 0 Å². The summed E-state index contributed by atoms with van der Waals surface area (Å²) < 4.78 is 7.86. The SMILES string of the molecule is Cc1cccn2c(NC[C@H]3CCCO3)c(-c3ccc(Cl)cc3)nc12. The van der Waals surface area contributed by atoms with Crippen LogP contribution in [0.1, 0.15) is 18.4 Å². The number of hydrogen-bond acceptors (Lipinski definition) is 3. The molecule has 2 aromatic heterocycles. The highest BCUT2D eigenvalue weighted by molar-refractivity contribution is 6.30. The van der Waals surface area contributed by atoms with Crippen LogP contribution in [-0.4, -0.2) is 28.6 Å². The molecule has 0 spiro atoms. The maximum Gasteiger partial charge on any atom is 0.142 e. The van der Waals surface area contributed by atoms with E-state index >= 15 is 0 Å². The second kappa shape index (κ2) is 6.46. The molecular weight excluding hydrogens is 322 g/mol. The van der Waals surface area contributed by atoms with Crippen LogP contribution in [0.4, 0.5) is 5.82 Å². The van der Waals surface area contributed by atoms with Gasteiger partial charge in [-0.05, 0) is 43.5 Å². The molecule has 24 heavy (non-hydrogen) atoms. The van der Waals surface area contributed by atoms with Gasteiger partial charge >= 0.3 is 0 Å². The van der Waals surface area contributed by atoms with Gasteiger partial charge in [0.15, 0.2) is 0 Å². The quantitative estimate of drug-likeness (QED) is 0.756. The minimum absolute atomic E-state index is 0.276. The van der Waals surface area contributed by atoms with Crippen LogP contribution in [-0.2, 0) is 4.74 Å². The number of aryl methyl sites for hydroxylation is 1. The zero-order valence-corrected chi connectivity index (χ0v) is 14.4.